The highest BCUT2D eigenvalue weighted by molar-refractivity contribution is 6.39. The van der Waals surface area contributed by atoms with Gasteiger partial charge in [0.2, 0.25) is 5.88 Å². The van der Waals surface area contributed by atoms with Crippen molar-refractivity contribution in [3.8, 4) is 39.4 Å². The Balaban J connectivity index is 1.36. The fourth-order valence-electron chi connectivity index (χ4n) is 5.60. The molecular formula is C37H37Cl2N5O8. The largest absolute Gasteiger partial charge is 0.481 e. The number of carboxylic acids is 1. The lowest BCUT2D eigenvalue weighted by Crippen LogP contribution is -2.31. The number of pyridine rings is 2. The van der Waals surface area contributed by atoms with E-state index in [-0.39, 0.29) is 38.0 Å². The van der Waals surface area contributed by atoms with Crippen molar-refractivity contribution < 1.29 is 34.4 Å². The first-order valence-electron chi connectivity index (χ1n) is 16.2. The number of nitrogens with zero attached hydrogens (tertiary/aromatic N) is 3. The van der Waals surface area contributed by atoms with Crippen LogP contribution < -0.4 is 20.9 Å². The lowest BCUT2D eigenvalue weighted by molar-refractivity contribution is -0.143. The summed E-state index contributed by atoms with van der Waals surface area (Å²) in [4.78, 5) is 44.5. The van der Waals surface area contributed by atoms with E-state index in [4.69, 9.17) is 33.0 Å². The number of aliphatic hydroxyl groups is 2. The molecule has 5 rings (SSSR count). The Morgan fingerprint density at radius 1 is 0.846 bits per heavy atom. The molecule has 5 N–H and O–H groups in total. The van der Waals surface area contributed by atoms with E-state index in [1.807, 2.05) is 42.5 Å². The Labute approximate surface area is 308 Å². The van der Waals surface area contributed by atoms with Crippen LogP contribution in [0.2, 0.25) is 10.0 Å². The predicted molar refractivity (Wildman–Crippen MR) is 196 cm³/mol. The number of nitrogens with one attached hydrogen (secondary N) is 2. The number of aromatic nitrogens is 3. The van der Waals surface area contributed by atoms with Crippen LogP contribution in [0.1, 0.15) is 24.0 Å². The van der Waals surface area contributed by atoms with Gasteiger partial charge in [0.1, 0.15) is 5.65 Å². The summed E-state index contributed by atoms with van der Waals surface area (Å²) < 4.78 is 11.5. The molecule has 3 aromatic heterocycles. The number of carbonyl (C=O) groups is 2. The molecule has 0 saturated heterocycles. The number of carbonyl (C=O) groups excluding carboxylic acids is 1. The van der Waals surface area contributed by atoms with Crippen molar-refractivity contribution in [3.05, 3.63) is 105 Å². The molecule has 0 aliphatic heterocycles. The molecule has 0 saturated carbocycles. The molecule has 52 heavy (non-hydrogen) atoms. The van der Waals surface area contributed by atoms with E-state index in [9.17, 15) is 24.6 Å². The first kappa shape index (κ1) is 38.3. The lowest BCUT2D eigenvalue weighted by Gasteiger charge is -2.15. The Morgan fingerprint density at radius 3 is 2.12 bits per heavy atom. The molecule has 5 aromatic rings. The highest BCUT2D eigenvalue weighted by Gasteiger charge is 2.18. The minimum Gasteiger partial charge on any atom is -0.481 e. The molecule has 0 bridgehead atoms. The summed E-state index contributed by atoms with van der Waals surface area (Å²) in [5, 5.41) is 35.5. The Morgan fingerprint density at radius 2 is 1.46 bits per heavy atom. The molecule has 2 atom stereocenters. The molecule has 0 unspecified atom stereocenters. The highest BCUT2D eigenvalue weighted by Crippen LogP contribution is 2.42. The Hall–Kier alpha value is -4.89. The fourth-order valence-corrected chi connectivity index (χ4v) is 6.26. The van der Waals surface area contributed by atoms with Gasteiger partial charge >= 0.3 is 11.9 Å². The van der Waals surface area contributed by atoms with E-state index >= 15 is 0 Å². The summed E-state index contributed by atoms with van der Waals surface area (Å²) in [6.45, 7) is 0.628. The van der Waals surface area contributed by atoms with Gasteiger partial charge in [-0.05, 0) is 23.8 Å². The van der Waals surface area contributed by atoms with Gasteiger partial charge in [-0.1, -0.05) is 65.7 Å². The van der Waals surface area contributed by atoms with Gasteiger partial charge in [-0.15, -0.1) is 0 Å². The molecule has 0 spiro atoms. The molecule has 13 nitrogen and oxygen atoms in total. The minimum absolute atomic E-state index is 0.0894. The number of hydrogen-bond acceptors (Lipinski definition) is 11. The topological polar surface area (TPSA) is 185 Å². The summed E-state index contributed by atoms with van der Waals surface area (Å²) >= 11 is 14.1. The zero-order valence-corrected chi connectivity index (χ0v) is 29.8. The monoisotopic (exact) mass is 749 g/mol. The number of aliphatic carboxylic acids is 1. The highest BCUT2D eigenvalue weighted by atomic mass is 35.5. The van der Waals surface area contributed by atoms with Crippen molar-refractivity contribution in [1.29, 1.82) is 0 Å². The Bertz CT molecular complexity index is 2140. The zero-order chi connectivity index (χ0) is 37.4. The van der Waals surface area contributed by atoms with Crippen LogP contribution in [0, 0.1) is 0 Å². The third-order valence-electron chi connectivity index (χ3n) is 8.22. The number of fused-ring (bicyclic) bond motifs is 1. The number of esters is 1. The van der Waals surface area contributed by atoms with Crippen molar-refractivity contribution in [3.63, 3.8) is 0 Å². The van der Waals surface area contributed by atoms with Crippen LogP contribution in [0.5, 0.6) is 5.88 Å². The molecule has 15 heteroatoms. The SMILES string of the molecule is COC(=O)C[C@H](O)CNCc1cnc2cc(-c3cccc(-c4cccc(-c5ccc(CNC[C@H](O)CC(=O)O)c(OC)n5)c4Cl)c3Cl)ccn2c1=O. The molecule has 0 fully saturated rings. The van der Waals surface area contributed by atoms with Crippen LogP contribution in [-0.2, 0) is 27.4 Å². The molecule has 0 aliphatic rings. The number of methoxy groups -OCH3 is 2. The van der Waals surface area contributed by atoms with Crippen molar-refractivity contribution in [2.24, 2.45) is 0 Å². The molecule has 2 aromatic carbocycles. The fraction of sp³-hybridized carbons (Fsp3) is 0.270. The van der Waals surface area contributed by atoms with E-state index in [0.717, 1.165) is 5.56 Å². The molecule has 0 amide bonds. The summed E-state index contributed by atoms with van der Waals surface area (Å²) in [5.74, 6) is -1.26. The summed E-state index contributed by atoms with van der Waals surface area (Å²) in [5.41, 5.74) is 5.22. The third kappa shape index (κ3) is 9.12. The standard InChI is InChI=1S/C37H37Cl2N5O8/c1-51-33(49)15-25(46)20-41-17-23-18-42-31-13-21(11-12-44(31)37(23)50)26-5-3-6-27(34(26)38)28-7-4-8-29(35(28)39)30-10-9-22(36(43-30)52-2)16-40-19-24(45)14-32(47)48/h3-13,18,24-25,40-41,45-46H,14-17,19-20H2,1-2H3,(H,47,48)/t24-,25+/m1/s1. The Kier molecular flexibility index (Phi) is 12.9. The maximum absolute atomic E-state index is 13.2. The van der Waals surface area contributed by atoms with E-state index in [1.54, 1.807) is 24.4 Å². The van der Waals surface area contributed by atoms with Gasteiger partial charge in [0, 0.05) is 72.0 Å². The maximum Gasteiger partial charge on any atom is 0.308 e. The van der Waals surface area contributed by atoms with Crippen LogP contribution in [0.25, 0.3) is 39.2 Å². The van der Waals surface area contributed by atoms with Crippen LogP contribution in [0.3, 0.4) is 0 Å². The first-order valence-corrected chi connectivity index (χ1v) is 16.9. The van der Waals surface area contributed by atoms with E-state index < -0.39 is 24.1 Å². The average molecular weight is 751 g/mol. The van der Waals surface area contributed by atoms with Crippen molar-refractivity contribution in [1.82, 2.24) is 25.0 Å². The first-order chi connectivity index (χ1) is 25.0. The smallest absolute Gasteiger partial charge is 0.308 e. The van der Waals surface area contributed by atoms with Crippen LogP contribution in [-0.4, -0.2) is 81.1 Å². The number of rotatable bonds is 16. The van der Waals surface area contributed by atoms with Gasteiger partial charge in [-0.25, -0.2) is 9.97 Å². The van der Waals surface area contributed by atoms with E-state index in [1.165, 1.54) is 24.8 Å². The number of aliphatic hydroxyl groups excluding tert-OH is 2. The summed E-state index contributed by atoms with van der Waals surface area (Å²) in [6.07, 6.45) is 0.605. The second-order valence-electron chi connectivity index (χ2n) is 11.9. The molecule has 272 valence electrons. The molecule has 0 aliphatic carbocycles. The normalized spacial score (nSPS) is 12.4. The average Bonchev–Trinajstić information content (AvgIpc) is 3.12. The predicted octanol–water partition coefficient (Wildman–Crippen LogP) is 4.34. The second-order valence-corrected chi connectivity index (χ2v) is 12.6. The molecular weight excluding hydrogens is 713 g/mol. The quantitative estimate of drug-likeness (QED) is 0.0901. The van der Waals surface area contributed by atoms with Crippen LogP contribution in [0.4, 0.5) is 0 Å². The third-order valence-corrected chi connectivity index (χ3v) is 9.03. The van der Waals surface area contributed by atoms with Gasteiger partial charge in [0.05, 0.1) is 55.0 Å². The summed E-state index contributed by atoms with van der Waals surface area (Å²) in [7, 11) is 2.75. The number of halogens is 2. The number of benzene rings is 2. The number of hydrogen-bond donors (Lipinski definition) is 5. The van der Waals surface area contributed by atoms with Crippen LogP contribution in [0.15, 0.2) is 77.9 Å². The van der Waals surface area contributed by atoms with Crippen molar-refractivity contribution >= 4 is 40.8 Å². The van der Waals surface area contributed by atoms with Crippen LogP contribution >= 0.6 is 23.2 Å². The molecule has 0 radical (unpaired) electrons. The van der Waals surface area contributed by atoms with Gasteiger partial charge in [0.15, 0.2) is 0 Å². The lowest BCUT2D eigenvalue weighted by atomic mass is 9.97. The number of ether oxygens (including phenoxy) is 2. The van der Waals surface area contributed by atoms with Gasteiger partial charge in [-0.3, -0.25) is 18.8 Å². The summed E-state index contributed by atoms with van der Waals surface area (Å²) in [6, 6.07) is 18.3. The minimum atomic E-state index is -1.08. The molecule has 3 heterocycles. The van der Waals surface area contributed by atoms with Crippen molar-refractivity contribution in [2.45, 2.75) is 38.1 Å². The second kappa shape index (κ2) is 17.6. The zero-order valence-electron chi connectivity index (χ0n) is 28.3. The van der Waals surface area contributed by atoms with E-state index in [0.29, 0.717) is 67.2 Å². The van der Waals surface area contributed by atoms with Gasteiger partial charge < -0.3 is 35.4 Å². The maximum atomic E-state index is 13.2. The number of carboxylic acid groups (broad SMARTS) is 1. The van der Waals surface area contributed by atoms with Gasteiger partial charge in [-0.2, -0.15) is 0 Å². The van der Waals surface area contributed by atoms with Gasteiger partial charge in [0.25, 0.3) is 5.56 Å². The van der Waals surface area contributed by atoms with Crippen molar-refractivity contribution in [2.75, 3.05) is 27.3 Å². The van der Waals surface area contributed by atoms with E-state index in [2.05, 4.69) is 25.3 Å².